The molecule has 0 saturated heterocycles. The van der Waals surface area contributed by atoms with Gasteiger partial charge in [-0.25, -0.2) is 4.79 Å². The van der Waals surface area contributed by atoms with Crippen LogP contribution in [0.3, 0.4) is 0 Å². The molecule has 0 atom stereocenters. The van der Waals surface area contributed by atoms with E-state index in [1.807, 2.05) is 20.8 Å². The van der Waals surface area contributed by atoms with Crippen LogP contribution in [0, 0.1) is 5.92 Å². The molecule has 1 amide bonds. The summed E-state index contributed by atoms with van der Waals surface area (Å²) in [5, 5.41) is 3.59. The quantitative estimate of drug-likeness (QED) is 0.868. The Balaban J connectivity index is 1.77. The molecule has 0 radical (unpaired) electrons. The SMILES string of the molecule is CC1CC(Nc2ccc3c(c2)N(C(=O)OC(C)(C)C)CCC3)C1. The first kappa shape index (κ1) is 16.2. The highest BCUT2D eigenvalue weighted by Gasteiger charge is 2.29. The predicted octanol–water partition coefficient (Wildman–Crippen LogP) is 4.58. The first-order valence-corrected chi connectivity index (χ1v) is 8.72. The number of fused-ring (bicyclic) bond motifs is 1. The summed E-state index contributed by atoms with van der Waals surface area (Å²) < 4.78 is 5.57. The lowest BCUT2D eigenvalue weighted by atomic mass is 9.82. The molecule has 0 bridgehead atoms. The van der Waals surface area contributed by atoms with E-state index in [4.69, 9.17) is 4.74 Å². The summed E-state index contributed by atoms with van der Waals surface area (Å²) in [6.45, 7) is 8.74. The van der Waals surface area contributed by atoms with Crippen molar-refractivity contribution in [2.24, 2.45) is 5.92 Å². The summed E-state index contributed by atoms with van der Waals surface area (Å²) >= 11 is 0. The first-order chi connectivity index (χ1) is 10.8. The molecule has 3 rings (SSSR count). The van der Waals surface area contributed by atoms with Gasteiger partial charge < -0.3 is 10.1 Å². The number of nitrogens with one attached hydrogen (secondary N) is 1. The van der Waals surface area contributed by atoms with Gasteiger partial charge in [-0.1, -0.05) is 13.0 Å². The number of anilines is 2. The molecule has 23 heavy (non-hydrogen) atoms. The van der Waals surface area contributed by atoms with E-state index < -0.39 is 5.60 Å². The molecular weight excluding hydrogens is 288 g/mol. The number of carbonyl (C=O) groups excluding carboxylic acids is 1. The van der Waals surface area contributed by atoms with E-state index in [1.165, 1.54) is 18.4 Å². The van der Waals surface area contributed by atoms with Gasteiger partial charge in [0, 0.05) is 18.3 Å². The second-order valence-corrected chi connectivity index (χ2v) is 8.00. The van der Waals surface area contributed by atoms with Crippen LogP contribution in [0.4, 0.5) is 16.2 Å². The number of benzene rings is 1. The molecule has 0 spiro atoms. The Kier molecular flexibility index (Phi) is 4.26. The van der Waals surface area contributed by atoms with Gasteiger partial charge in [-0.3, -0.25) is 4.90 Å². The minimum Gasteiger partial charge on any atom is -0.443 e. The second kappa shape index (κ2) is 6.06. The van der Waals surface area contributed by atoms with Crippen LogP contribution in [-0.2, 0) is 11.2 Å². The van der Waals surface area contributed by atoms with Crippen molar-refractivity contribution in [3.8, 4) is 0 Å². The van der Waals surface area contributed by atoms with E-state index >= 15 is 0 Å². The van der Waals surface area contributed by atoms with Gasteiger partial charge in [-0.05, 0) is 70.1 Å². The van der Waals surface area contributed by atoms with E-state index in [0.29, 0.717) is 6.04 Å². The standard InChI is InChI=1S/C19H28N2O2/c1-13-10-16(11-13)20-15-8-7-14-6-5-9-21(17(14)12-15)18(22)23-19(2,3)4/h7-8,12-13,16,20H,5-6,9-11H2,1-4H3. The van der Waals surface area contributed by atoms with Crippen LogP contribution in [-0.4, -0.2) is 24.3 Å². The molecule has 1 aliphatic heterocycles. The molecule has 4 heteroatoms. The van der Waals surface area contributed by atoms with Crippen molar-refractivity contribution >= 4 is 17.5 Å². The number of amides is 1. The molecule has 126 valence electrons. The Morgan fingerprint density at radius 3 is 2.70 bits per heavy atom. The summed E-state index contributed by atoms with van der Waals surface area (Å²) in [6.07, 6.45) is 4.22. The Labute approximate surface area is 139 Å². The van der Waals surface area contributed by atoms with Crippen molar-refractivity contribution in [1.82, 2.24) is 0 Å². The summed E-state index contributed by atoms with van der Waals surface area (Å²) in [5.41, 5.74) is 2.88. The van der Waals surface area contributed by atoms with Crippen molar-refractivity contribution in [1.29, 1.82) is 0 Å². The molecule has 0 unspecified atom stereocenters. The molecule has 1 N–H and O–H groups in total. The molecule has 2 aliphatic rings. The monoisotopic (exact) mass is 316 g/mol. The average Bonchev–Trinajstić information content (AvgIpc) is 2.43. The second-order valence-electron chi connectivity index (χ2n) is 8.00. The van der Waals surface area contributed by atoms with Crippen LogP contribution in [0.15, 0.2) is 18.2 Å². The Morgan fingerprint density at radius 1 is 1.30 bits per heavy atom. The normalized spacial score (nSPS) is 23.7. The van der Waals surface area contributed by atoms with E-state index in [9.17, 15) is 4.79 Å². The van der Waals surface area contributed by atoms with Crippen molar-refractivity contribution in [3.05, 3.63) is 23.8 Å². The molecule has 0 aromatic heterocycles. The molecular formula is C19H28N2O2. The van der Waals surface area contributed by atoms with Gasteiger partial charge in [0.2, 0.25) is 0 Å². The maximum Gasteiger partial charge on any atom is 0.414 e. The van der Waals surface area contributed by atoms with Gasteiger partial charge in [-0.2, -0.15) is 0 Å². The maximum absolute atomic E-state index is 12.5. The van der Waals surface area contributed by atoms with Gasteiger partial charge in [0.05, 0.1) is 5.69 Å². The lowest BCUT2D eigenvalue weighted by molar-refractivity contribution is 0.0578. The Bertz CT molecular complexity index is 586. The number of nitrogens with zero attached hydrogens (tertiary/aromatic N) is 1. The van der Waals surface area contributed by atoms with Crippen molar-refractivity contribution in [3.63, 3.8) is 0 Å². The van der Waals surface area contributed by atoms with Gasteiger partial charge in [0.25, 0.3) is 0 Å². The molecule has 1 aliphatic carbocycles. The number of hydrogen-bond acceptors (Lipinski definition) is 3. The first-order valence-electron chi connectivity index (χ1n) is 8.72. The molecule has 1 aromatic rings. The van der Waals surface area contributed by atoms with E-state index in [-0.39, 0.29) is 6.09 Å². The smallest absolute Gasteiger partial charge is 0.414 e. The lowest BCUT2D eigenvalue weighted by Crippen LogP contribution is -2.40. The highest BCUT2D eigenvalue weighted by atomic mass is 16.6. The van der Waals surface area contributed by atoms with Gasteiger partial charge in [0.1, 0.15) is 5.60 Å². The zero-order chi connectivity index (χ0) is 16.6. The molecule has 1 saturated carbocycles. The highest BCUT2D eigenvalue weighted by molar-refractivity contribution is 5.90. The fraction of sp³-hybridized carbons (Fsp3) is 0.632. The molecule has 1 fully saturated rings. The lowest BCUT2D eigenvalue weighted by Gasteiger charge is -2.35. The van der Waals surface area contributed by atoms with Gasteiger partial charge in [0.15, 0.2) is 0 Å². The van der Waals surface area contributed by atoms with E-state index in [2.05, 4.69) is 30.4 Å². The maximum atomic E-state index is 12.5. The Hall–Kier alpha value is -1.71. The number of hydrogen-bond donors (Lipinski definition) is 1. The third-order valence-electron chi connectivity index (χ3n) is 4.56. The number of aryl methyl sites for hydroxylation is 1. The number of carbonyl (C=O) groups is 1. The third kappa shape index (κ3) is 3.80. The average molecular weight is 316 g/mol. The molecule has 4 nitrogen and oxygen atoms in total. The Morgan fingerprint density at radius 2 is 2.04 bits per heavy atom. The van der Waals surface area contributed by atoms with Crippen molar-refractivity contribution in [2.45, 2.75) is 65.0 Å². The van der Waals surface area contributed by atoms with Crippen LogP contribution in [0.25, 0.3) is 0 Å². The van der Waals surface area contributed by atoms with Crippen molar-refractivity contribution < 1.29 is 9.53 Å². The van der Waals surface area contributed by atoms with Gasteiger partial charge >= 0.3 is 6.09 Å². The van der Waals surface area contributed by atoms with Crippen molar-refractivity contribution in [2.75, 3.05) is 16.8 Å². The van der Waals surface area contributed by atoms with Crippen LogP contribution < -0.4 is 10.2 Å². The fourth-order valence-corrected chi connectivity index (χ4v) is 3.43. The van der Waals surface area contributed by atoms with Crippen LogP contribution in [0.1, 0.15) is 52.5 Å². The largest absolute Gasteiger partial charge is 0.443 e. The number of ether oxygens (including phenoxy) is 1. The van der Waals surface area contributed by atoms with Gasteiger partial charge in [-0.15, -0.1) is 0 Å². The fourth-order valence-electron chi connectivity index (χ4n) is 3.43. The molecule has 1 aromatic carbocycles. The van der Waals surface area contributed by atoms with E-state index in [0.717, 1.165) is 36.7 Å². The van der Waals surface area contributed by atoms with Crippen LogP contribution in [0.5, 0.6) is 0 Å². The predicted molar refractivity (Wildman–Crippen MR) is 94.2 cm³/mol. The molecule has 1 heterocycles. The summed E-state index contributed by atoms with van der Waals surface area (Å²) in [6, 6.07) is 6.97. The summed E-state index contributed by atoms with van der Waals surface area (Å²) in [5.74, 6) is 0.823. The number of rotatable bonds is 2. The minimum atomic E-state index is -0.466. The zero-order valence-electron chi connectivity index (χ0n) is 14.7. The third-order valence-corrected chi connectivity index (χ3v) is 4.56. The van der Waals surface area contributed by atoms with Crippen LogP contribution >= 0.6 is 0 Å². The topological polar surface area (TPSA) is 41.6 Å². The summed E-state index contributed by atoms with van der Waals surface area (Å²) in [4.78, 5) is 14.3. The van der Waals surface area contributed by atoms with E-state index in [1.54, 1.807) is 4.90 Å². The zero-order valence-corrected chi connectivity index (χ0v) is 14.7. The highest BCUT2D eigenvalue weighted by Crippen LogP contribution is 2.34. The summed E-state index contributed by atoms with van der Waals surface area (Å²) in [7, 11) is 0. The minimum absolute atomic E-state index is 0.243. The van der Waals surface area contributed by atoms with Crippen LogP contribution in [0.2, 0.25) is 0 Å².